The van der Waals surface area contributed by atoms with E-state index < -0.39 is 16.1 Å². The van der Waals surface area contributed by atoms with E-state index in [4.69, 9.17) is 0 Å². The molecule has 1 aromatic rings. The summed E-state index contributed by atoms with van der Waals surface area (Å²) in [5, 5.41) is 5.43. The maximum Gasteiger partial charge on any atom is 0.320 e. The second-order valence-electron chi connectivity index (χ2n) is 5.95. The summed E-state index contributed by atoms with van der Waals surface area (Å²) in [6, 6.07) is 1.16. The van der Waals surface area contributed by atoms with E-state index in [2.05, 4.69) is 27.2 Å². The molecule has 2 heterocycles. The summed E-state index contributed by atoms with van der Waals surface area (Å²) in [4.78, 5) is 19.5. The molecule has 0 saturated carbocycles. The second kappa shape index (κ2) is 8.30. The van der Waals surface area contributed by atoms with Crippen molar-refractivity contribution in [3.8, 4) is 0 Å². The standard InChI is InChI=1S/C16H25N5O3S/c1-4-10-25(23,24)21-9-7-13(11-21)18-16(22)20-15(5-2)19-14-6-8-17-12(14)3/h5-6,8,13,17H,2,4,7,9-11H2,1,3H3,(H2,18,19,20,22)/t13-/m1/s1. The molecule has 2 rings (SSSR count). The minimum absolute atomic E-state index is 0.134. The molecule has 0 aliphatic carbocycles. The first-order chi connectivity index (χ1) is 11.9. The first-order valence-corrected chi connectivity index (χ1v) is 9.87. The fraction of sp³-hybridized carbons (Fsp3) is 0.500. The maximum atomic E-state index is 12.1. The molecule has 138 valence electrons. The summed E-state index contributed by atoms with van der Waals surface area (Å²) in [6.45, 7) is 8.09. The van der Waals surface area contributed by atoms with Gasteiger partial charge in [-0.1, -0.05) is 13.5 Å². The van der Waals surface area contributed by atoms with Crippen LogP contribution in [0, 0.1) is 6.92 Å². The topological polar surface area (TPSA) is 107 Å². The van der Waals surface area contributed by atoms with Gasteiger partial charge in [0.05, 0.1) is 11.4 Å². The third-order valence-electron chi connectivity index (χ3n) is 3.94. The molecule has 1 fully saturated rings. The van der Waals surface area contributed by atoms with Gasteiger partial charge in [-0.2, -0.15) is 4.31 Å². The van der Waals surface area contributed by atoms with E-state index in [1.54, 1.807) is 12.3 Å². The number of amides is 2. The van der Waals surface area contributed by atoms with Crippen LogP contribution >= 0.6 is 0 Å². The number of nitrogens with zero attached hydrogens (tertiary/aromatic N) is 2. The number of urea groups is 1. The lowest BCUT2D eigenvalue weighted by Crippen LogP contribution is -2.45. The first-order valence-electron chi connectivity index (χ1n) is 8.26. The highest BCUT2D eigenvalue weighted by molar-refractivity contribution is 7.89. The van der Waals surface area contributed by atoms with Gasteiger partial charge in [0.25, 0.3) is 0 Å². The summed E-state index contributed by atoms with van der Waals surface area (Å²) >= 11 is 0. The number of hydrogen-bond donors (Lipinski definition) is 3. The van der Waals surface area contributed by atoms with Crippen LogP contribution in [0.2, 0.25) is 0 Å². The molecule has 1 atom stereocenters. The molecular weight excluding hydrogens is 342 g/mol. The van der Waals surface area contributed by atoms with Gasteiger partial charge in [0, 0.05) is 31.0 Å². The average Bonchev–Trinajstić information content (AvgIpc) is 3.16. The van der Waals surface area contributed by atoms with Gasteiger partial charge in [-0.25, -0.2) is 18.2 Å². The van der Waals surface area contributed by atoms with Crippen molar-refractivity contribution in [3.05, 3.63) is 30.6 Å². The van der Waals surface area contributed by atoms with Crippen molar-refractivity contribution in [1.82, 2.24) is 19.9 Å². The molecule has 0 radical (unpaired) electrons. The van der Waals surface area contributed by atoms with E-state index in [0.29, 0.717) is 37.5 Å². The number of nitrogens with one attached hydrogen (secondary N) is 3. The Morgan fingerprint density at radius 2 is 2.32 bits per heavy atom. The lowest BCUT2D eigenvalue weighted by Gasteiger charge is -2.17. The highest BCUT2D eigenvalue weighted by Crippen LogP contribution is 2.16. The van der Waals surface area contributed by atoms with Crippen molar-refractivity contribution in [2.45, 2.75) is 32.7 Å². The molecule has 9 heteroatoms. The van der Waals surface area contributed by atoms with E-state index in [1.165, 1.54) is 10.4 Å². The highest BCUT2D eigenvalue weighted by Gasteiger charge is 2.31. The molecule has 0 aromatic carbocycles. The van der Waals surface area contributed by atoms with Crippen LogP contribution in [0.25, 0.3) is 0 Å². The van der Waals surface area contributed by atoms with Gasteiger partial charge in [0.15, 0.2) is 0 Å². The molecule has 8 nitrogen and oxygen atoms in total. The van der Waals surface area contributed by atoms with E-state index in [0.717, 1.165) is 5.69 Å². The van der Waals surface area contributed by atoms with Crippen molar-refractivity contribution in [2.24, 2.45) is 4.99 Å². The average molecular weight is 367 g/mol. The van der Waals surface area contributed by atoms with E-state index in [1.807, 2.05) is 13.8 Å². The van der Waals surface area contributed by atoms with Gasteiger partial charge in [0.2, 0.25) is 10.0 Å². The number of carbonyl (C=O) groups excluding carboxylic acids is 1. The van der Waals surface area contributed by atoms with Gasteiger partial charge >= 0.3 is 6.03 Å². The number of aromatic amines is 1. The molecule has 1 saturated heterocycles. The molecule has 0 spiro atoms. The highest BCUT2D eigenvalue weighted by atomic mass is 32.2. The molecular formula is C16H25N5O3S. The monoisotopic (exact) mass is 367 g/mol. The van der Waals surface area contributed by atoms with Crippen LogP contribution in [-0.4, -0.2) is 54.5 Å². The number of hydrogen-bond acceptors (Lipinski definition) is 4. The minimum atomic E-state index is -3.23. The van der Waals surface area contributed by atoms with Crippen LogP contribution in [-0.2, 0) is 10.0 Å². The van der Waals surface area contributed by atoms with Crippen molar-refractivity contribution in [3.63, 3.8) is 0 Å². The van der Waals surface area contributed by atoms with Crippen molar-refractivity contribution in [2.75, 3.05) is 18.8 Å². The minimum Gasteiger partial charge on any atom is -0.363 e. The third-order valence-corrected chi connectivity index (χ3v) is 5.99. The van der Waals surface area contributed by atoms with Crippen LogP contribution in [0.15, 0.2) is 29.9 Å². The molecule has 3 N–H and O–H groups in total. The Labute approximate surface area is 148 Å². The van der Waals surface area contributed by atoms with Gasteiger partial charge in [-0.3, -0.25) is 5.32 Å². The fourth-order valence-corrected chi connectivity index (χ4v) is 4.21. The Hall–Kier alpha value is -2.13. The molecule has 0 unspecified atom stereocenters. The zero-order chi connectivity index (χ0) is 18.4. The first kappa shape index (κ1) is 19.2. The van der Waals surface area contributed by atoms with Crippen LogP contribution < -0.4 is 10.6 Å². The maximum absolute atomic E-state index is 12.1. The van der Waals surface area contributed by atoms with E-state index in [9.17, 15) is 13.2 Å². The van der Waals surface area contributed by atoms with Crippen LogP contribution in [0.5, 0.6) is 0 Å². The summed E-state index contributed by atoms with van der Waals surface area (Å²) in [6.07, 6.45) is 4.39. The van der Waals surface area contributed by atoms with Gasteiger partial charge < -0.3 is 10.3 Å². The summed E-state index contributed by atoms with van der Waals surface area (Å²) in [7, 11) is -3.23. The van der Waals surface area contributed by atoms with Gasteiger partial charge in [-0.15, -0.1) is 0 Å². The normalized spacial score (nSPS) is 19.0. The SMILES string of the molecule is C=C/C(=N\c1cc[nH]c1C)NC(=O)N[C@@H]1CCN(S(=O)(=O)CCC)C1. The summed E-state index contributed by atoms with van der Waals surface area (Å²) in [5.41, 5.74) is 1.60. The molecule has 1 aliphatic rings. The number of H-pyrrole nitrogens is 1. The van der Waals surface area contributed by atoms with Crippen LogP contribution in [0.3, 0.4) is 0 Å². The Kier molecular flexibility index (Phi) is 6.38. The zero-order valence-corrected chi connectivity index (χ0v) is 15.4. The number of carbonyl (C=O) groups is 1. The molecule has 0 bridgehead atoms. The smallest absolute Gasteiger partial charge is 0.320 e. The van der Waals surface area contributed by atoms with E-state index in [-0.39, 0.29) is 11.8 Å². The number of sulfonamides is 1. The Morgan fingerprint density at radius 3 is 2.92 bits per heavy atom. The Balaban J connectivity index is 1.91. The third kappa shape index (κ3) is 5.17. The largest absolute Gasteiger partial charge is 0.363 e. The van der Waals surface area contributed by atoms with Crippen molar-refractivity contribution in [1.29, 1.82) is 0 Å². The number of rotatable bonds is 6. The quantitative estimate of drug-likeness (QED) is 0.526. The zero-order valence-electron chi connectivity index (χ0n) is 14.6. The van der Waals surface area contributed by atoms with E-state index >= 15 is 0 Å². The number of aliphatic imine (C=N–C) groups is 1. The van der Waals surface area contributed by atoms with Crippen LogP contribution in [0.4, 0.5) is 10.5 Å². The number of aryl methyl sites for hydroxylation is 1. The van der Waals surface area contributed by atoms with Crippen molar-refractivity contribution < 1.29 is 13.2 Å². The predicted molar refractivity (Wildman–Crippen MR) is 98.5 cm³/mol. The van der Waals surface area contributed by atoms with Crippen molar-refractivity contribution >= 4 is 27.6 Å². The molecule has 2 amide bonds. The predicted octanol–water partition coefficient (Wildman–Crippen LogP) is 1.65. The molecule has 1 aliphatic heterocycles. The Bertz CT molecular complexity index is 754. The van der Waals surface area contributed by atoms with Crippen LogP contribution in [0.1, 0.15) is 25.5 Å². The second-order valence-corrected chi connectivity index (χ2v) is 8.04. The summed E-state index contributed by atoms with van der Waals surface area (Å²) < 4.78 is 25.6. The molecule has 25 heavy (non-hydrogen) atoms. The van der Waals surface area contributed by atoms with Gasteiger partial charge in [0.1, 0.15) is 5.84 Å². The van der Waals surface area contributed by atoms with Gasteiger partial charge in [-0.05, 0) is 31.9 Å². The number of amidine groups is 1. The summed E-state index contributed by atoms with van der Waals surface area (Å²) in [5.74, 6) is 0.462. The Morgan fingerprint density at radius 1 is 1.56 bits per heavy atom. The lowest BCUT2D eigenvalue weighted by atomic mass is 10.3. The number of aromatic nitrogens is 1. The molecule has 1 aromatic heterocycles. The lowest BCUT2D eigenvalue weighted by molar-refractivity contribution is 0.242. The fourth-order valence-electron chi connectivity index (χ4n) is 2.64.